The number of carbonyl (C=O) groups excluding carboxylic acids is 1. The van der Waals surface area contributed by atoms with Crippen LogP contribution in [0.2, 0.25) is 0 Å². The van der Waals surface area contributed by atoms with Gasteiger partial charge in [-0.05, 0) is 59.2 Å². The molecule has 0 unspecified atom stereocenters. The smallest absolute Gasteiger partial charge is 0.326 e. The molecule has 8 heteroatoms. The third kappa shape index (κ3) is 4.23. The van der Waals surface area contributed by atoms with Crippen LogP contribution in [0.1, 0.15) is 12.6 Å². The van der Waals surface area contributed by atoms with Crippen LogP contribution in [0.25, 0.3) is 33.3 Å². The summed E-state index contributed by atoms with van der Waals surface area (Å²) in [7, 11) is 0. The Kier molecular flexibility index (Phi) is 5.14. The van der Waals surface area contributed by atoms with E-state index in [-0.39, 0.29) is 17.1 Å². The van der Waals surface area contributed by atoms with Crippen LogP contribution >= 0.6 is 0 Å². The number of rotatable bonds is 3. The third-order valence-corrected chi connectivity index (χ3v) is 4.67. The van der Waals surface area contributed by atoms with Crippen LogP contribution in [-0.4, -0.2) is 15.9 Å². The Hall–Kier alpha value is -3.81. The lowest BCUT2D eigenvalue weighted by Crippen LogP contribution is -2.08. The van der Waals surface area contributed by atoms with Gasteiger partial charge in [-0.1, -0.05) is 18.2 Å². The fraction of sp³-hybridized carbons (Fsp3) is 0.0870. The molecule has 0 spiro atoms. The number of amides is 1. The van der Waals surface area contributed by atoms with Gasteiger partial charge < -0.3 is 5.32 Å². The number of carbonyl (C=O) groups is 1. The molecule has 2 heterocycles. The molecule has 0 fully saturated rings. The number of nitrogens with zero attached hydrogens (tertiary/aromatic N) is 2. The largest absolute Gasteiger partial charge is 0.433 e. The second-order valence-corrected chi connectivity index (χ2v) is 6.88. The minimum Gasteiger partial charge on any atom is -0.326 e. The normalized spacial score (nSPS) is 11.5. The number of anilines is 1. The first-order valence-electron chi connectivity index (χ1n) is 9.23. The molecule has 2 aromatic carbocycles. The first-order chi connectivity index (χ1) is 14.7. The lowest BCUT2D eigenvalue weighted by Gasteiger charge is -2.12. The van der Waals surface area contributed by atoms with Crippen LogP contribution in [0, 0.1) is 5.82 Å². The Labute approximate surface area is 174 Å². The number of pyridine rings is 2. The van der Waals surface area contributed by atoms with Crippen molar-refractivity contribution in [3.05, 3.63) is 78.4 Å². The SMILES string of the molecule is CC(=O)Nc1cccc(-c2cc(-c3ccnc4nc(C(F)(F)F)ccc34)ccc2F)c1. The molecular weight excluding hydrogens is 410 g/mol. The molecule has 4 rings (SSSR count). The average molecular weight is 425 g/mol. The van der Waals surface area contributed by atoms with Crippen LogP contribution in [0.5, 0.6) is 0 Å². The van der Waals surface area contributed by atoms with E-state index in [1.54, 1.807) is 42.5 Å². The van der Waals surface area contributed by atoms with Gasteiger partial charge in [0.15, 0.2) is 5.65 Å². The topological polar surface area (TPSA) is 54.9 Å². The molecule has 0 saturated carbocycles. The number of benzene rings is 2. The predicted octanol–water partition coefficient (Wildman–Crippen LogP) is 6.08. The quantitative estimate of drug-likeness (QED) is 0.405. The van der Waals surface area contributed by atoms with Crippen LogP contribution < -0.4 is 5.32 Å². The summed E-state index contributed by atoms with van der Waals surface area (Å²) in [4.78, 5) is 18.9. The molecule has 0 aliphatic rings. The van der Waals surface area contributed by atoms with E-state index in [2.05, 4.69) is 15.3 Å². The van der Waals surface area contributed by atoms with Crippen LogP contribution in [0.4, 0.5) is 23.2 Å². The van der Waals surface area contributed by atoms with Gasteiger partial charge in [-0.2, -0.15) is 13.2 Å². The van der Waals surface area contributed by atoms with Gasteiger partial charge >= 0.3 is 6.18 Å². The summed E-state index contributed by atoms with van der Waals surface area (Å²) in [5.74, 6) is -0.722. The van der Waals surface area contributed by atoms with Gasteiger partial charge in [0, 0.05) is 29.8 Å². The first-order valence-corrected chi connectivity index (χ1v) is 9.23. The van der Waals surface area contributed by atoms with Gasteiger partial charge in [0.25, 0.3) is 0 Å². The molecule has 1 amide bonds. The second kappa shape index (κ2) is 7.79. The van der Waals surface area contributed by atoms with Gasteiger partial charge in [0.2, 0.25) is 5.91 Å². The molecule has 0 bridgehead atoms. The molecular formula is C23H15F4N3O. The summed E-state index contributed by atoms with van der Waals surface area (Å²) in [6.07, 6.45) is -3.21. The predicted molar refractivity (Wildman–Crippen MR) is 110 cm³/mol. The monoisotopic (exact) mass is 425 g/mol. The zero-order chi connectivity index (χ0) is 22.2. The van der Waals surface area contributed by atoms with Crippen molar-refractivity contribution >= 4 is 22.6 Å². The Bertz CT molecular complexity index is 1300. The zero-order valence-electron chi connectivity index (χ0n) is 16.2. The summed E-state index contributed by atoms with van der Waals surface area (Å²) in [6.45, 7) is 1.38. The standard InChI is InChI=1S/C23H15F4N3O/c1-13(31)29-16-4-2-3-14(11-16)19-12-15(5-7-20(19)24)17-9-10-28-22-18(17)6-8-21(30-22)23(25,26)27/h2-12H,1H3,(H,29,31). The highest BCUT2D eigenvalue weighted by Crippen LogP contribution is 2.34. The number of nitrogens with one attached hydrogen (secondary N) is 1. The molecule has 2 aromatic heterocycles. The van der Waals surface area contributed by atoms with Crippen molar-refractivity contribution in [3.63, 3.8) is 0 Å². The highest BCUT2D eigenvalue weighted by atomic mass is 19.4. The fourth-order valence-corrected chi connectivity index (χ4v) is 3.32. The third-order valence-electron chi connectivity index (χ3n) is 4.67. The van der Waals surface area contributed by atoms with Gasteiger partial charge in [-0.25, -0.2) is 14.4 Å². The summed E-state index contributed by atoms with van der Waals surface area (Å²) in [6, 6.07) is 15.0. The molecule has 1 N–H and O–H groups in total. The maximum absolute atomic E-state index is 14.6. The Morgan fingerprint density at radius 3 is 2.45 bits per heavy atom. The van der Waals surface area contributed by atoms with Gasteiger partial charge in [0.1, 0.15) is 11.5 Å². The first kappa shape index (κ1) is 20.5. The number of aromatic nitrogens is 2. The van der Waals surface area contributed by atoms with E-state index in [0.29, 0.717) is 27.8 Å². The van der Waals surface area contributed by atoms with Crippen LogP contribution in [-0.2, 0) is 11.0 Å². The molecule has 4 nitrogen and oxygen atoms in total. The van der Waals surface area contributed by atoms with E-state index >= 15 is 0 Å². The van der Waals surface area contributed by atoms with Gasteiger partial charge in [0.05, 0.1) is 0 Å². The number of alkyl halides is 3. The highest BCUT2D eigenvalue weighted by Gasteiger charge is 2.32. The lowest BCUT2D eigenvalue weighted by molar-refractivity contribution is -0.141. The van der Waals surface area contributed by atoms with Crippen LogP contribution in [0.3, 0.4) is 0 Å². The van der Waals surface area contributed by atoms with Crippen molar-refractivity contribution in [1.82, 2.24) is 9.97 Å². The maximum Gasteiger partial charge on any atom is 0.433 e. The molecule has 0 aliphatic heterocycles. The molecule has 0 aliphatic carbocycles. The Morgan fingerprint density at radius 1 is 0.935 bits per heavy atom. The van der Waals surface area contributed by atoms with Crippen molar-refractivity contribution in [3.8, 4) is 22.3 Å². The average Bonchev–Trinajstić information content (AvgIpc) is 2.72. The molecule has 4 aromatic rings. The molecule has 156 valence electrons. The summed E-state index contributed by atoms with van der Waals surface area (Å²) in [5.41, 5.74) is 1.44. The molecule has 31 heavy (non-hydrogen) atoms. The lowest BCUT2D eigenvalue weighted by atomic mass is 9.97. The number of hydrogen-bond acceptors (Lipinski definition) is 3. The van der Waals surface area contributed by atoms with Crippen molar-refractivity contribution < 1.29 is 22.4 Å². The van der Waals surface area contributed by atoms with Crippen molar-refractivity contribution in [1.29, 1.82) is 0 Å². The summed E-state index contributed by atoms with van der Waals surface area (Å²) >= 11 is 0. The maximum atomic E-state index is 14.6. The van der Waals surface area contributed by atoms with E-state index in [9.17, 15) is 22.4 Å². The zero-order valence-corrected chi connectivity index (χ0v) is 16.2. The van der Waals surface area contributed by atoms with E-state index in [4.69, 9.17) is 0 Å². The fourth-order valence-electron chi connectivity index (χ4n) is 3.32. The van der Waals surface area contributed by atoms with E-state index in [1.807, 2.05) is 0 Å². The summed E-state index contributed by atoms with van der Waals surface area (Å²) in [5, 5.41) is 3.07. The van der Waals surface area contributed by atoms with E-state index < -0.39 is 17.7 Å². The van der Waals surface area contributed by atoms with Crippen molar-refractivity contribution in [2.75, 3.05) is 5.32 Å². The number of hydrogen-bond donors (Lipinski definition) is 1. The number of halogens is 4. The molecule has 0 saturated heterocycles. The van der Waals surface area contributed by atoms with E-state index in [1.165, 1.54) is 25.3 Å². The summed E-state index contributed by atoms with van der Waals surface area (Å²) < 4.78 is 53.6. The second-order valence-electron chi connectivity index (χ2n) is 6.88. The van der Waals surface area contributed by atoms with Crippen molar-refractivity contribution in [2.24, 2.45) is 0 Å². The highest BCUT2D eigenvalue weighted by molar-refractivity contribution is 5.94. The van der Waals surface area contributed by atoms with Gasteiger partial charge in [-0.15, -0.1) is 0 Å². The van der Waals surface area contributed by atoms with E-state index in [0.717, 1.165) is 6.07 Å². The number of fused-ring (bicyclic) bond motifs is 1. The minimum absolute atomic E-state index is 0.0501. The Balaban J connectivity index is 1.82. The Morgan fingerprint density at radius 2 is 1.71 bits per heavy atom. The van der Waals surface area contributed by atoms with Crippen molar-refractivity contribution in [2.45, 2.75) is 13.1 Å². The minimum atomic E-state index is -4.58. The van der Waals surface area contributed by atoms with Crippen LogP contribution in [0.15, 0.2) is 66.9 Å². The molecule has 0 atom stereocenters. The van der Waals surface area contributed by atoms with Gasteiger partial charge in [-0.3, -0.25) is 4.79 Å². The molecule has 0 radical (unpaired) electrons.